The molecule has 1 aromatic carbocycles. The van der Waals surface area contributed by atoms with Gasteiger partial charge in [-0.05, 0) is 5.56 Å². The molecule has 0 saturated heterocycles. The van der Waals surface area contributed by atoms with Gasteiger partial charge >= 0.3 is 0 Å². The van der Waals surface area contributed by atoms with Crippen LogP contribution in [0.4, 0.5) is 0 Å². The second kappa shape index (κ2) is 6.95. The van der Waals surface area contributed by atoms with Crippen LogP contribution in [0.1, 0.15) is 5.56 Å². The minimum atomic E-state index is -0.890. The maximum atomic E-state index is 9.61. The zero-order valence-electron chi connectivity index (χ0n) is 12.3. The molecule has 1 atom stereocenters. The Hall–Kier alpha value is -2.16. The highest BCUT2D eigenvalue weighted by atomic mass is 32.2. The second-order valence-electron chi connectivity index (χ2n) is 5.10. The number of fused-ring (bicyclic) bond motifs is 1. The molecule has 3 rings (SSSR count). The number of aliphatic hydroxyl groups is 2. The summed E-state index contributed by atoms with van der Waals surface area (Å²) in [5.74, 6) is 0.765. The Morgan fingerprint density at radius 3 is 2.83 bits per heavy atom. The van der Waals surface area contributed by atoms with E-state index in [1.54, 1.807) is 4.57 Å². The molecule has 0 aliphatic carbocycles. The van der Waals surface area contributed by atoms with Gasteiger partial charge in [-0.3, -0.25) is 5.41 Å². The van der Waals surface area contributed by atoms with Gasteiger partial charge in [-0.1, -0.05) is 42.1 Å². The van der Waals surface area contributed by atoms with E-state index in [1.807, 2.05) is 30.3 Å². The van der Waals surface area contributed by atoms with E-state index >= 15 is 0 Å². The Labute approximate surface area is 136 Å². The van der Waals surface area contributed by atoms with E-state index in [4.69, 9.17) is 10.5 Å². The lowest BCUT2D eigenvalue weighted by atomic mass is 10.2. The summed E-state index contributed by atoms with van der Waals surface area (Å²) in [6, 6.07) is 10.0. The zero-order valence-corrected chi connectivity index (χ0v) is 13.1. The molecule has 0 unspecified atom stereocenters. The normalized spacial score (nSPS) is 12.6. The highest BCUT2D eigenvalue weighted by Crippen LogP contribution is 2.21. The van der Waals surface area contributed by atoms with E-state index in [0.29, 0.717) is 16.3 Å². The Bertz CT molecular complexity index is 846. The van der Waals surface area contributed by atoms with Crippen LogP contribution in [0.25, 0.3) is 11.2 Å². The van der Waals surface area contributed by atoms with Crippen molar-refractivity contribution in [1.29, 1.82) is 5.41 Å². The van der Waals surface area contributed by atoms with Crippen LogP contribution in [0, 0.1) is 5.41 Å². The minimum absolute atomic E-state index is 0.105. The average molecular weight is 331 g/mol. The molecule has 2 heterocycles. The van der Waals surface area contributed by atoms with Crippen LogP contribution in [0.15, 0.2) is 41.8 Å². The number of imidazole rings is 1. The van der Waals surface area contributed by atoms with Crippen molar-refractivity contribution in [3.8, 4) is 0 Å². The van der Waals surface area contributed by atoms with Gasteiger partial charge in [0.25, 0.3) is 0 Å². The van der Waals surface area contributed by atoms with E-state index in [-0.39, 0.29) is 18.6 Å². The first-order valence-corrected chi connectivity index (χ1v) is 8.11. The number of H-pyrrole nitrogens is 1. The first kappa shape index (κ1) is 15.7. The zero-order chi connectivity index (χ0) is 16.2. The van der Waals surface area contributed by atoms with Gasteiger partial charge in [-0.15, -0.1) is 0 Å². The van der Waals surface area contributed by atoms with Crippen LogP contribution in [0.5, 0.6) is 0 Å². The Morgan fingerprint density at radius 2 is 2.09 bits per heavy atom. The van der Waals surface area contributed by atoms with E-state index in [2.05, 4.69) is 15.0 Å². The van der Waals surface area contributed by atoms with Crippen molar-refractivity contribution in [2.45, 2.75) is 23.6 Å². The van der Waals surface area contributed by atoms with E-state index in [9.17, 15) is 5.11 Å². The van der Waals surface area contributed by atoms with Crippen LogP contribution in [-0.2, 0) is 12.3 Å². The van der Waals surface area contributed by atoms with Crippen molar-refractivity contribution < 1.29 is 10.2 Å². The van der Waals surface area contributed by atoms with Crippen molar-refractivity contribution in [3.05, 3.63) is 47.7 Å². The summed E-state index contributed by atoms with van der Waals surface area (Å²) < 4.78 is 1.64. The van der Waals surface area contributed by atoms with Crippen LogP contribution < -0.4 is 5.49 Å². The number of rotatable bonds is 6. The standard InChI is InChI=1S/C15H17N5O2S/c16-13-12-14(20(9-17-13)6-11(22)7-21)19-15(18-12)23-8-10-4-2-1-3-5-10/h1-5,9,11,16,21-22H,6-8H2,(H,18,19)/t11-/m0/s1. The maximum absolute atomic E-state index is 9.61. The van der Waals surface area contributed by atoms with E-state index < -0.39 is 6.10 Å². The average Bonchev–Trinajstić information content (AvgIpc) is 3.02. The molecule has 0 amide bonds. The highest BCUT2D eigenvalue weighted by molar-refractivity contribution is 7.98. The third-order valence-electron chi connectivity index (χ3n) is 3.33. The Kier molecular flexibility index (Phi) is 4.75. The van der Waals surface area contributed by atoms with Crippen molar-refractivity contribution in [3.63, 3.8) is 0 Å². The molecule has 120 valence electrons. The summed E-state index contributed by atoms with van der Waals surface area (Å²) >= 11 is 1.54. The predicted octanol–water partition coefficient (Wildman–Crippen LogP) is 0.884. The number of benzene rings is 1. The molecule has 4 N–H and O–H groups in total. The molecule has 8 heteroatoms. The van der Waals surface area contributed by atoms with Crippen molar-refractivity contribution in [2.24, 2.45) is 0 Å². The molecular weight excluding hydrogens is 314 g/mol. The molecule has 0 radical (unpaired) electrons. The van der Waals surface area contributed by atoms with Crippen molar-refractivity contribution >= 4 is 22.9 Å². The third kappa shape index (κ3) is 3.61. The van der Waals surface area contributed by atoms with Crippen LogP contribution in [0.3, 0.4) is 0 Å². The van der Waals surface area contributed by atoms with Gasteiger partial charge in [0.2, 0.25) is 0 Å². The number of thioether (sulfide) groups is 1. The van der Waals surface area contributed by atoms with Gasteiger partial charge in [0, 0.05) is 5.75 Å². The summed E-state index contributed by atoms with van der Waals surface area (Å²) in [4.78, 5) is 11.6. The van der Waals surface area contributed by atoms with Gasteiger partial charge in [0.1, 0.15) is 5.52 Å². The van der Waals surface area contributed by atoms with Gasteiger partial charge in [0.05, 0.1) is 25.6 Å². The first-order valence-electron chi connectivity index (χ1n) is 7.13. The smallest absolute Gasteiger partial charge is 0.173 e. The van der Waals surface area contributed by atoms with E-state index in [0.717, 1.165) is 5.75 Å². The number of aromatic amines is 1. The highest BCUT2D eigenvalue weighted by Gasteiger charge is 2.12. The number of nitrogens with one attached hydrogen (secondary N) is 2. The molecule has 7 nitrogen and oxygen atoms in total. The van der Waals surface area contributed by atoms with Gasteiger partial charge < -0.3 is 19.8 Å². The topological polar surface area (TPSA) is 111 Å². The predicted molar refractivity (Wildman–Crippen MR) is 86.8 cm³/mol. The fourth-order valence-electron chi connectivity index (χ4n) is 2.18. The van der Waals surface area contributed by atoms with Crippen molar-refractivity contribution in [2.75, 3.05) is 6.61 Å². The number of hydrogen-bond acceptors (Lipinski definition) is 6. The minimum Gasteiger partial charge on any atom is -0.394 e. The molecule has 0 bridgehead atoms. The van der Waals surface area contributed by atoms with Crippen LogP contribution >= 0.6 is 11.8 Å². The fourth-order valence-corrected chi connectivity index (χ4v) is 3.00. The van der Waals surface area contributed by atoms with Crippen LogP contribution in [-0.4, -0.2) is 42.4 Å². The van der Waals surface area contributed by atoms with E-state index in [1.165, 1.54) is 23.7 Å². The Balaban J connectivity index is 1.86. The van der Waals surface area contributed by atoms with Gasteiger partial charge in [-0.25, -0.2) is 9.97 Å². The summed E-state index contributed by atoms with van der Waals surface area (Å²) in [6.45, 7) is -0.162. The quantitative estimate of drug-likeness (QED) is 0.501. The molecule has 0 aliphatic rings. The van der Waals surface area contributed by atoms with Crippen LogP contribution in [0.2, 0.25) is 0 Å². The summed E-state index contributed by atoms with van der Waals surface area (Å²) in [7, 11) is 0. The molecule has 23 heavy (non-hydrogen) atoms. The number of hydrogen-bond donors (Lipinski definition) is 4. The number of nitrogens with zero attached hydrogens (tertiary/aromatic N) is 3. The molecule has 0 saturated carbocycles. The number of aliphatic hydroxyl groups excluding tert-OH is 2. The molecule has 2 aromatic heterocycles. The largest absolute Gasteiger partial charge is 0.394 e. The van der Waals surface area contributed by atoms with Crippen molar-refractivity contribution in [1.82, 2.24) is 19.5 Å². The summed E-state index contributed by atoms with van der Waals surface area (Å²) in [5.41, 5.74) is 2.36. The molecule has 3 aromatic rings. The first-order chi connectivity index (χ1) is 11.2. The van der Waals surface area contributed by atoms with Gasteiger partial charge in [0.15, 0.2) is 16.3 Å². The molecular formula is C15H17N5O2S. The second-order valence-corrected chi connectivity index (χ2v) is 6.06. The summed E-state index contributed by atoms with van der Waals surface area (Å²) in [6.07, 6.45) is 0.564. The lowest BCUT2D eigenvalue weighted by Gasteiger charge is -2.10. The molecule has 0 aliphatic heterocycles. The SMILES string of the molecule is N=c1ncn(C[C@H](O)CO)c2nc(SCc3ccccc3)[nH]c12. The fraction of sp³-hybridized carbons (Fsp3) is 0.267. The lowest BCUT2D eigenvalue weighted by molar-refractivity contribution is 0.0817. The lowest BCUT2D eigenvalue weighted by Crippen LogP contribution is -2.22. The van der Waals surface area contributed by atoms with Gasteiger partial charge in [-0.2, -0.15) is 0 Å². The molecule has 0 fully saturated rings. The Morgan fingerprint density at radius 1 is 1.30 bits per heavy atom. The summed E-state index contributed by atoms with van der Waals surface area (Å²) in [5, 5.41) is 27.2. The third-order valence-corrected chi connectivity index (χ3v) is 4.28. The maximum Gasteiger partial charge on any atom is 0.173 e. The monoisotopic (exact) mass is 331 g/mol. The number of aromatic nitrogens is 4. The molecule has 0 spiro atoms.